The average molecular weight is 401 g/mol. The zero-order chi connectivity index (χ0) is 20.8. The molecule has 2 heteroatoms. The first-order valence-corrected chi connectivity index (χ1v) is 12.5. The van der Waals surface area contributed by atoms with Crippen molar-refractivity contribution in [3.8, 4) is 0 Å². The maximum Gasteiger partial charge on any atom is 0.122 e. The normalized spacial score (nSPS) is 44.5. The molecule has 0 aromatic carbocycles. The van der Waals surface area contributed by atoms with Crippen LogP contribution >= 0.6 is 0 Å². The zero-order valence-corrected chi connectivity index (χ0v) is 19.4. The molecule has 3 saturated carbocycles. The van der Waals surface area contributed by atoms with Crippen LogP contribution in [0.4, 0.5) is 0 Å². The average Bonchev–Trinajstić information content (AvgIpc) is 3.18. The summed E-state index contributed by atoms with van der Waals surface area (Å²) in [4.78, 5) is 0. The summed E-state index contributed by atoms with van der Waals surface area (Å²) in [6.45, 7) is 14.1. The lowest BCUT2D eigenvalue weighted by molar-refractivity contribution is 0.0925. The van der Waals surface area contributed by atoms with E-state index in [1.807, 2.05) is 0 Å². The Hall–Kier alpha value is -0.600. The molecule has 1 heterocycles. The predicted octanol–water partition coefficient (Wildman–Crippen LogP) is 6.83. The lowest BCUT2D eigenvalue weighted by atomic mass is 9.60. The van der Waals surface area contributed by atoms with E-state index in [9.17, 15) is 5.11 Å². The van der Waals surface area contributed by atoms with Gasteiger partial charge in [0.1, 0.15) is 11.7 Å². The second kappa shape index (κ2) is 8.15. The molecular weight excluding hydrogens is 356 g/mol. The van der Waals surface area contributed by atoms with Gasteiger partial charge in [-0.15, -0.1) is 0 Å². The van der Waals surface area contributed by atoms with Gasteiger partial charge in [0.25, 0.3) is 0 Å². The second-order valence-corrected chi connectivity index (χ2v) is 11.6. The first-order chi connectivity index (χ1) is 13.8. The fraction of sp³-hybridized carbons (Fsp3) is 0.852. The molecular formula is C27H44O2. The number of rotatable bonds is 6. The zero-order valence-electron chi connectivity index (χ0n) is 19.4. The molecule has 4 fully saturated rings. The van der Waals surface area contributed by atoms with Gasteiger partial charge in [0.15, 0.2) is 0 Å². The summed E-state index contributed by atoms with van der Waals surface area (Å²) in [7, 11) is 0. The van der Waals surface area contributed by atoms with Crippen molar-refractivity contribution in [3.63, 3.8) is 0 Å². The van der Waals surface area contributed by atoms with Crippen LogP contribution in [0.5, 0.6) is 0 Å². The summed E-state index contributed by atoms with van der Waals surface area (Å²) in [6, 6.07) is 0. The lowest BCUT2D eigenvalue weighted by Gasteiger charge is -2.44. The van der Waals surface area contributed by atoms with Crippen LogP contribution in [0.1, 0.15) is 98.3 Å². The van der Waals surface area contributed by atoms with Gasteiger partial charge in [0.05, 0.1) is 6.10 Å². The summed E-state index contributed by atoms with van der Waals surface area (Å²) < 4.78 is 6.23. The summed E-state index contributed by atoms with van der Waals surface area (Å²) in [5.41, 5.74) is 3.13. The van der Waals surface area contributed by atoms with Gasteiger partial charge >= 0.3 is 0 Å². The quantitative estimate of drug-likeness (QED) is 0.391. The number of fused-ring (bicyclic) bond motifs is 1. The Morgan fingerprint density at radius 1 is 1.17 bits per heavy atom. The van der Waals surface area contributed by atoms with Crippen molar-refractivity contribution in [2.45, 2.75) is 116 Å². The maximum absolute atomic E-state index is 10.2. The van der Waals surface area contributed by atoms with Crippen LogP contribution in [0.3, 0.4) is 0 Å². The van der Waals surface area contributed by atoms with Gasteiger partial charge in [0, 0.05) is 6.42 Å². The van der Waals surface area contributed by atoms with Crippen molar-refractivity contribution in [3.05, 3.63) is 23.8 Å². The third-order valence-electron chi connectivity index (χ3n) is 9.19. The van der Waals surface area contributed by atoms with Gasteiger partial charge in [-0.25, -0.2) is 0 Å². The molecule has 0 unspecified atom stereocenters. The lowest BCUT2D eigenvalue weighted by Crippen LogP contribution is -2.36. The SMILES string of the molecule is C=C1CC[C@H](O)C[C@]12O[C@@H]2C=C1CCC[C@]2(C)[C@@H]([C@H](C)CCCC(C)C)CC[C@@H]12. The molecule has 7 atom stereocenters. The topological polar surface area (TPSA) is 32.8 Å². The summed E-state index contributed by atoms with van der Waals surface area (Å²) in [5.74, 6) is 3.30. The molecule has 0 aromatic rings. The molecule has 29 heavy (non-hydrogen) atoms. The van der Waals surface area contributed by atoms with E-state index < -0.39 is 0 Å². The maximum atomic E-state index is 10.2. The van der Waals surface area contributed by atoms with E-state index >= 15 is 0 Å². The number of hydrogen-bond donors (Lipinski definition) is 1. The molecule has 0 amide bonds. The van der Waals surface area contributed by atoms with E-state index in [0.717, 1.165) is 42.9 Å². The van der Waals surface area contributed by atoms with Crippen LogP contribution in [0.15, 0.2) is 23.8 Å². The molecule has 164 valence electrons. The van der Waals surface area contributed by atoms with Gasteiger partial charge in [-0.3, -0.25) is 0 Å². The molecule has 0 aromatic heterocycles. The number of epoxide rings is 1. The Morgan fingerprint density at radius 3 is 2.72 bits per heavy atom. The molecule has 4 aliphatic rings. The van der Waals surface area contributed by atoms with Crippen LogP contribution in [-0.4, -0.2) is 22.9 Å². The third kappa shape index (κ3) is 4.01. The van der Waals surface area contributed by atoms with Crippen molar-refractivity contribution in [2.75, 3.05) is 0 Å². The molecule has 4 rings (SSSR count). The van der Waals surface area contributed by atoms with E-state index in [4.69, 9.17) is 4.74 Å². The first-order valence-electron chi connectivity index (χ1n) is 12.5. The van der Waals surface area contributed by atoms with Gasteiger partial charge in [-0.2, -0.15) is 0 Å². The van der Waals surface area contributed by atoms with Gasteiger partial charge < -0.3 is 9.84 Å². The van der Waals surface area contributed by atoms with Crippen molar-refractivity contribution in [1.29, 1.82) is 0 Å². The number of allylic oxidation sites excluding steroid dienone is 1. The van der Waals surface area contributed by atoms with E-state index in [0.29, 0.717) is 5.41 Å². The molecule has 1 aliphatic heterocycles. The fourth-order valence-corrected chi connectivity index (χ4v) is 7.42. The first kappa shape index (κ1) is 21.6. The van der Waals surface area contributed by atoms with Crippen LogP contribution < -0.4 is 0 Å². The second-order valence-electron chi connectivity index (χ2n) is 11.6. The highest BCUT2D eigenvalue weighted by molar-refractivity contribution is 5.34. The van der Waals surface area contributed by atoms with E-state index in [-0.39, 0.29) is 17.8 Å². The summed E-state index contributed by atoms with van der Waals surface area (Å²) in [6.07, 6.45) is 15.9. The Balaban J connectivity index is 1.44. The number of aliphatic hydroxyl groups is 1. The van der Waals surface area contributed by atoms with E-state index in [1.165, 1.54) is 56.9 Å². The molecule has 3 aliphatic carbocycles. The molecule has 1 N–H and O–H groups in total. The Bertz CT molecular complexity index is 649. The minimum atomic E-state index is -0.235. The van der Waals surface area contributed by atoms with Crippen molar-refractivity contribution >= 4 is 0 Å². The van der Waals surface area contributed by atoms with Crippen molar-refractivity contribution < 1.29 is 9.84 Å². The Morgan fingerprint density at radius 2 is 1.97 bits per heavy atom. The standard InChI is InChI=1S/C27H44O2/c1-18(2)8-6-9-19(3)23-13-14-24-21(10-7-15-26(23,24)5)16-25-27(29-25)17-22(28)12-11-20(27)4/h16,18-19,22-25,28H,4,6-15,17H2,1-3,5H3/t19-,22+,23-,24+,25-,26-,27+/m1/s1. The summed E-state index contributed by atoms with van der Waals surface area (Å²) in [5, 5.41) is 10.2. The molecule has 1 saturated heterocycles. The molecule has 1 spiro atoms. The van der Waals surface area contributed by atoms with Crippen LogP contribution in [0.2, 0.25) is 0 Å². The largest absolute Gasteiger partial charge is 0.393 e. The minimum absolute atomic E-state index is 0.171. The van der Waals surface area contributed by atoms with Crippen LogP contribution in [0, 0.1) is 29.1 Å². The molecule has 0 radical (unpaired) electrons. The van der Waals surface area contributed by atoms with E-state index in [2.05, 4.69) is 40.3 Å². The fourth-order valence-electron chi connectivity index (χ4n) is 7.42. The highest BCUT2D eigenvalue weighted by Crippen LogP contribution is 2.61. The molecule has 0 bridgehead atoms. The smallest absolute Gasteiger partial charge is 0.122 e. The Labute approximate surface area is 179 Å². The highest BCUT2D eigenvalue weighted by atomic mass is 16.6. The highest BCUT2D eigenvalue weighted by Gasteiger charge is 2.60. The van der Waals surface area contributed by atoms with Gasteiger partial charge in [-0.1, -0.05) is 65.2 Å². The summed E-state index contributed by atoms with van der Waals surface area (Å²) >= 11 is 0. The van der Waals surface area contributed by atoms with Crippen LogP contribution in [-0.2, 0) is 4.74 Å². The Kier molecular flexibility index (Phi) is 6.08. The third-order valence-corrected chi connectivity index (χ3v) is 9.19. The number of ether oxygens (including phenoxy) is 1. The van der Waals surface area contributed by atoms with Crippen molar-refractivity contribution in [1.82, 2.24) is 0 Å². The minimum Gasteiger partial charge on any atom is -0.393 e. The number of hydrogen-bond acceptors (Lipinski definition) is 2. The monoisotopic (exact) mass is 400 g/mol. The predicted molar refractivity (Wildman–Crippen MR) is 121 cm³/mol. The van der Waals surface area contributed by atoms with Crippen molar-refractivity contribution in [2.24, 2.45) is 29.1 Å². The van der Waals surface area contributed by atoms with Gasteiger partial charge in [-0.05, 0) is 79.6 Å². The molecule has 2 nitrogen and oxygen atoms in total. The number of aliphatic hydroxyl groups excluding tert-OH is 1. The van der Waals surface area contributed by atoms with Crippen LogP contribution in [0.25, 0.3) is 0 Å². The van der Waals surface area contributed by atoms with E-state index in [1.54, 1.807) is 5.57 Å². The van der Waals surface area contributed by atoms with Gasteiger partial charge in [0.2, 0.25) is 0 Å².